The third-order valence-corrected chi connectivity index (χ3v) is 6.09. The second-order valence-corrected chi connectivity index (χ2v) is 9.00. The minimum Gasteiger partial charge on any atom is -0.468 e. The van der Waals surface area contributed by atoms with Crippen molar-refractivity contribution in [2.75, 3.05) is 5.32 Å². The monoisotopic (exact) mass is 493 g/mol. The van der Waals surface area contributed by atoms with Crippen LogP contribution in [0.15, 0.2) is 101 Å². The van der Waals surface area contributed by atoms with Crippen LogP contribution in [0.3, 0.4) is 0 Å². The maximum Gasteiger partial charge on any atom is 0.248 e. The van der Waals surface area contributed by atoms with Gasteiger partial charge in [-0.25, -0.2) is 22.5 Å². The number of ether oxygens (including phenoxy) is 1. The maximum absolute atomic E-state index is 13.0. The minimum atomic E-state index is -3.70. The Bertz CT molecular complexity index is 1400. The summed E-state index contributed by atoms with van der Waals surface area (Å²) in [5.74, 6) is 0.473. The van der Waals surface area contributed by atoms with Gasteiger partial charge in [0, 0.05) is 12.1 Å². The van der Waals surface area contributed by atoms with Crippen molar-refractivity contribution in [2.24, 2.45) is 0 Å². The highest BCUT2D eigenvalue weighted by atomic mass is 32.2. The molecule has 0 spiro atoms. The smallest absolute Gasteiger partial charge is 0.248 e. The number of halogens is 1. The van der Waals surface area contributed by atoms with Crippen LogP contribution in [0.2, 0.25) is 0 Å². The number of furan rings is 1. The first-order valence-corrected chi connectivity index (χ1v) is 11.9. The zero-order valence-corrected chi connectivity index (χ0v) is 19.0. The average molecular weight is 494 g/mol. The number of sulfonamides is 1. The lowest BCUT2D eigenvalue weighted by atomic mass is 10.2. The second kappa shape index (κ2) is 10.8. The van der Waals surface area contributed by atoms with Crippen LogP contribution in [0.4, 0.5) is 10.1 Å². The zero-order chi connectivity index (χ0) is 24.7. The standard InChI is InChI=1S/C25H20FN3O5S/c26-19-6-9-21(10-7-19)34-25-14-8-20(16-27-25)29-24(30)13-5-18-3-11-23(12-4-18)35(31,32)28-17-22-2-1-15-33-22/h1-16,28H,17H2,(H,29,30)/b13-5+. The van der Waals surface area contributed by atoms with Crippen molar-refractivity contribution in [2.45, 2.75) is 11.4 Å². The van der Waals surface area contributed by atoms with Gasteiger partial charge in [-0.2, -0.15) is 0 Å². The largest absolute Gasteiger partial charge is 0.468 e. The number of nitrogens with one attached hydrogen (secondary N) is 2. The summed E-state index contributed by atoms with van der Waals surface area (Å²) in [4.78, 5) is 16.4. The number of aromatic nitrogens is 1. The molecule has 0 saturated carbocycles. The van der Waals surface area contributed by atoms with Gasteiger partial charge in [0.1, 0.15) is 17.3 Å². The molecule has 0 aliphatic carbocycles. The molecule has 35 heavy (non-hydrogen) atoms. The van der Waals surface area contributed by atoms with Crippen LogP contribution in [0.5, 0.6) is 11.6 Å². The first kappa shape index (κ1) is 23.9. The van der Waals surface area contributed by atoms with Crippen molar-refractivity contribution in [1.82, 2.24) is 9.71 Å². The number of pyridine rings is 1. The molecule has 0 unspecified atom stereocenters. The van der Waals surface area contributed by atoms with Crippen molar-refractivity contribution in [3.63, 3.8) is 0 Å². The maximum atomic E-state index is 13.0. The van der Waals surface area contributed by atoms with E-state index in [1.54, 1.807) is 42.5 Å². The highest BCUT2D eigenvalue weighted by Crippen LogP contribution is 2.20. The van der Waals surface area contributed by atoms with Crippen LogP contribution in [0, 0.1) is 5.82 Å². The van der Waals surface area contributed by atoms with E-state index in [-0.39, 0.29) is 17.3 Å². The average Bonchev–Trinajstić information content (AvgIpc) is 3.38. The first-order valence-electron chi connectivity index (χ1n) is 10.4. The molecule has 0 aliphatic heterocycles. The van der Waals surface area contributed by atoms with Gasteiger partial charge in [0.25, 0.3) is 0 Å². The van der Waals surface area contributed by atoms with E-state index in [4.69, 9.17) is 9.15 Å². The van der Waals surface area contributed by atoms with Gasteiger partial charge in [-0.1, -0.05) is 12.1 Å². The molecular weight excluding hydrogens is 473 g/mol. The van der Waals surface area contributed by atoms with Gasteiger partial charge < -0.3 is 14.5 Å². The fraction of sp³-hybridized carbons (Fsp3) is 0.0400. The molecule has 2 heterocycles. The summed E-state index contributed by atoms with van der Waals surface area (Å²) in [7, 11) is -3.70. The summed E-state index contributed by atoms with van der Waals surface area (Å²) in [6, 6.07) is 18.2. The number of amides is 1. The zero-order valence-electron chi connectivity index (χ0n) is 18.2. The lowest BCUT2D eigenvalue weighted by Gasteiger charge is -2.06. The summed E-state index contributed by atoms with van der Waals surface area (Å²) in [5, 5.41) is 2.67. The normalized spacial score (nSPS) is 11.5. The number of hydrogen-bond donors (Lipinski definition) is 2. The number of hydrogen-bond acceptors (Lipinski definition) is 6. The summed E-state index contributed by atoms with van der Waals surface area (Å²) in [6.45, 7) is 0.0470. The summed E-state index contributed by atoms with van der Waals surface area (Å²) < 4.78 is 50.8. The Balaban J connectivity index is 1.30. The second-order valence-electron chi connectivity index (χ2n) is 7.24. The Kier molecular flexibility index (Phi) is 7.34. The van der Waals surface area contributed by atoms with Crippen molar-refractivity contribution in [3.05, 3.63) is 108 Å². The molecule has 2 aromatic carbocycles. The van der Waals surface area contributed by atoms with E-state index in [0.717, 1.165) is 0 Å². The molecule has 1 amide bonds. The van der Waals surface area contributed by atoms with E-state index in [0.29, 0.717) is 28.6 Å². The molecule has 2 N–H and O–H groups in total. The number of carbonyl (C=O) groups is 1. The van der Waals surface area contributed by atoms with E-state index in [1.807, 2.05) is 0 Å². The SMILES string of the molecule is O=C(/C=C/c1ccc(S(=O)(=O)NCc2ccco2)cc1)Nc1ccc(Oc2ccc(F)cc2)nc1. The van der Waals surface area contributed by atoms with Crippen LogP contribution < -0.4 is 14.8 Å². The minimum absolute atomic E-state index is 0.0470. The summed E-state index contributed by atoms with van der Waals surface area (Å²) in [5.41, 5.74) is 1.10. The van der Waals surface area contributed by atoms with Gasteiger partial charge >= 0.3 is 0 Å². The van der Waals surface area contributed by atoms with E-state index in [1.165, 1.54) is 54.9 Å². The molecular formula is C25H20FN3O5S. The molecule has 4 aromatic rings. The van der Waals surface area contributed by atoms with Gasteiger partial charge in [0.05, 0.1) is 29.6 Å². The highest BCUT2D eigenvalue weighted by Gasteiger charge is 2.14. The van der Waals surface area contributed by atoms with Crippen LogP contribution in [0.25, 0.3) is 6.08 Å². The topological polar surface area (TPSA) is 111 Å². The lowest BCUT2D eigenvalue weighted by molar-refractivity contribution is -0.111. The van der Waals surface area contributed by atoms with Gasteiger partial charge in [-0.15, -0.1) is 0 Å². The Morgan fingerprint density at radius 1 is 1.03 bits per heavy atom. The van der Waals surface area contributed by atoms with Gasteiger partial charge in [0.15, 0.2) is 0 Å². The molecule has 0 bridgehead atoms. The van der Waals surface area contributed by atoms with Crippen LogP contribution >= 0.6 is 0 Å². The predicted octanol–water partition coefficient (Wildman–Crippen LogP) is 4.74. The number of rotatable bonds is 9. The molecule has 178 valence electrons. The van der Waals surface area contributed by atoms with E-state index in [2.05, 4.69) is 15.0 Å². The van der Waals surface area contributed by atoms with Crippen LogP contribution in [0.1, 0.15) is 11.3 Å². The van der Waals surface area contributed by atoms with Crippen LogP contribution in [-0.4, -0.2) is 19.3 Å². The molecule has 0 radical (unpaired) electrons. The molecule has 0 atom stereocenters. The van der Waals surface area contributed by atoms with Gasteiger partial charge in [0.2, 0.25) is 21.8 Å². The first-order chi connectivity index (χ1) is 16.9. The van der Waals surface area contributed by atoms with Crippen molar-refractivity contribution in [1.29, 1.82) is 0 Å². The number of anilines is 1. The molecule has 0 aliphatic rings. The molecule has 2 aromatic heterocycles. The predicted molar refractivity (Wildman–Crippen MR) is 128 cm³/mol. The van der Waals surface area contributed by atoms with Crippen molar-refractivity contribution in [3.8, 4) is 11.6 Å². The van der Waals surface area contributed by atoms with E-state index < -0.39 is 15.9 Å². The third-order valence-electron chi connectivity index (χ3n) is 4.67. The molecule has 8 nitrogen and oxygen atoms in total. The lowest BCUT2D eigenvalue weighted by Crippen LogP contribution is -2.22. The number of benzene rings is 2. The van der Waals surface area contributed by atoms with Gasteiger partial charge in [-0.3, -0.25) is 4.79 Å². The van der Waals surface area contributed by atoms with E-state index in [9.17, 15) is 17.6 Å². The Hall–Kier alpha value is -4.28. The third kappa shape index (κ3) is 6.85. The quantitative estimate of drug-likeness (QED) is 0.326. The van der Waals surface area contributed by atoms with E-state index >= 15 is 0 Å². The summed E-state index contributed by atoms with van der Waals surface area (Å²) >= 11 is 0. The fourth-order valence-electron chi connectivity index (χ4n) is 2.91. The molecule has 0 saturated heterocycles. The number of carbonyl (C=O) groups excluding carboxylic acids is 1. The summed E-state index contributed by atoms with van der Waals surface area (Å²) in [6.07, 6.45) is 5.78. The Morgan fingerprint density at radius 2 is 1.80 bits per heavy atom. The van der Waals surface area contributed by atoms with Crippen molar-refractivity contribution >= 4 is 27.7 Å². The Morgan fingerprint density at radius 3 is 2.46 bits per heavy atom. The Labute approximate surface area is 201 Å². The molecule has 0 fully saturated rings. The number of nitrogens with zero attached hydrogens (tertiary/aromatic N) is 1. The van der Waals surface area contributed by atoms with Gasteiger partial charge in [-0.05, 0) is 66.2 Å². The van der Waals surface area contributed by atoms with Crippen molar-refractivity contribution < 1.29 is 26.8 Å². The molecule has 10 heteroatoms. The fourth-order valence-corrected chi connectivity index (χ4v) is 3.91. The molecule has 4 rings (SSSR count). The highest BCUT2D eigenvalue weighted by molar-refractivity contribution is 7.89. The van der Waals surface area contributed by atoms with Crippen LogP contribution in [-0.2, 0) is 21.4 Å².